The fourth-order valence-electron chi connectivity index (χ4n) is 4.79. The fraction of sp³-hybridized carbons (Fsp3) is 0.143. The molecule has 0 spiro atoms. The largest absolute Gasteiger partial charge is 0.351 e. The quantitative estimate of drug-likeness (QED) is 0.0654. The molecule has 0 fully saturated rings. The number of hydrogen-bond donors (Lipinski definition) is 4. The van der Waals surface area contributed by atoms with Crippen LogP contribution in [-0.4, -0.2) is 36.7 Å². The molecule has 4 N–H and O–H groups in total. The molecule has 266 valence electrons. The van der Waals surface area contributed by atoms with Gasteiger partial charge in [-0.1, -0.05) is 121 Å². The Morgan fingerprint density at radius 2 is 0.827 bits per heavy atom. The van der Waals surface area contributed by atoms with Crippen LogP contribution in [0.5, 0.6) is 0 Å². The summed E-state index contributed by atoms with van der Waals surface area (Å²) in [5.41, 5.74) is 3.35. The molecule has 0 saturated heterocycles. The number of carbonyl (C=O) groups is 4. The molecule has 4 rings (SSSR count). The average Bonchev–Trinajstić information content (AvgIpc) is 3.16. The van der Waals surface area contributed by atoms with Crippen molar-refractivity contribution in [2.75, 3.05) is 13.1 Å². The van der Waals surface area contributed by atoms with Gasteiger partial charge < -0.3 is 21.3 Å². The summed E-state index contributed by atoms with van der Waals surface area (Å²) in [6.07, 6.45) is 12.3. The zero-order chi connectivity index (χ0) is 37.0. The maximum atomic E-state index is 13.1. The van der Waals surface area contributed by atoms with Crippen molar-refractivity contribution in [3.8, 4) is 0 Å². The van der Waals surface area contributed by atoms with Crippen LogP contribution in [-0.2, 0) is 19.2 Å². The first kappa shape index (κ1) is 39.1. The van der Waals surface area contributed by atoms with Gasteiger partial charge in [0.25, 0.3) is 11.8 Å². The predicted molar refractivity (Wildman–Crippen MR) is 211 cm³/mol. The SMILES string of the molecule is O=C(/C=C/c1ccccc1)N/C(=C\c1ccc(Cl)cc1)C(=O)NCCCCCCNC(=O)/C(=C/c1ccc(Cl)cc1)NC(=O)/C=C/c1ccccc1. The topological polar surface area (TPSA) is 116 Å². The molecule has 10 heteroatoms. The lowest BCUT2D eigenvalue weighted by Gasteiger charge is -2.11. The van der Waals surface area contributed by atoms with Gasteiger partial charge in [0.2, 0.25) is 11.8 Å². The predicted octanol–water partition coefficient (Wildman–Crippen LogP) is 7.83. The van der Waals surface area contributed by atoms with E-state index in [1.807, 2.05) is 60.7 Å². The molecule has 0 saturated carbocycles. The molecule has 52 heavy (non-hydrogen) atoms. The third-order valence-electron chi connectivity index (χ3n) is 7.50. The van der Waals surface area contributed by atoms with Gasteiger partial charge >= 0.3 is 0 Å². The van der Waals surface area contributed by atoms with E-state index in [0.29, 0.717) is 47.1 Å². The van der Waals surface area contributed by atoms with E-state index in [-0.39, 0.29) is 11.4 Å². The summed E-state index contributed by atoms with van der Waals surface area (Å²) in [6.45, 7) is 0.796. The summed E-state index contributed by atoms with van der Waals surface area (Å²) in [4.78, 5) is 51.6. The maximum absolute atomic E-state index is 13.1. The van der Waals surface area contributed by atoms with Crippen LogP contribution >= 0.6 is 23.2 Å². The summed E-state index contributed by atoms with van der Waals surface area (Å²) in [5, 5.41) is 12.3. The summed E-state index contributed by atoms with van der Waals surface area (Å²) in [7, 11) is 0. The standard InChI is InChI=1S/C42H40Cl2N4O4/c43-35-21-15-33(16-22-35)29-37(47-39(49)25-19-31-11-5-3-6-12-31)41(51)45-27-9-1-2-10-28-46-42(52)38(30-34-17-23-36(44)24-18-34)48-40(50)26-20-32-13-7-4-8-14-32/h3-8,11-26,29-30H,1-2,9-10,27-28H2,(H,45,51)(H,46,52)(H,47,49)(H,48,50)/b25-19+,26-20+,37-29-,38-30-. The number of benzene rings is 4. The number of carbonyl (C=O) groups excluding carboxylic acids is 4. The number of unbranched alkanes of at least 4 members (excludes halogenated alkanes) is 3. The molecule has 0 aromatic heterocycles. The Labute approximate surface area is 314 Å². The lowest BCUT2D eigenvalue weighted by molar-refractivity contribution is -0.121. The second-order valence-corrected chi connectivity index (χ2v) is 12.5. The van der Waals surface area contributed by atoms with Crippen LogP contribution in [0.4, 0.5) is 0 Å². The van der Waals surface area contributed by atoms with Crippen molar-refractivity contribution in [3.05, 3.63) is 165 Å². The molecular formula is C42H40Cl2N4O4. The summed E-state index contributed by atoms with van der Waals surface area (Å²) >= 11 is 12.0. The Hall–Kier alpha value is -5.70. The number of nitrogens with one attached hydrogen (secondary N) is 4. The normalized spacial score (nSPS) is 11.7. The molecule has 4 amide bonds. The van der Waals surface area contributed by atoms with E-state index in [2.05, 4.69) is 21.3 Å². The molecule has 0 radical (unpaired) electrons. The van der Waals surface area contributed by atoms with Gasteiger partial charge in [0.05, 0.1) is 0 Å². The van der Waals surface area contributed by atoms with Gasteiger partial charge in [0.15, 0.2) is 0 Å². The first-order chi connectivity index (χ1) is 25.2. The maximum Gasteiger partial charge on any atom is 0.267 e. The monoisotopic (exact) mass is 734 g/mol. The number of rotatable bonds is 17. The van der Waals surface area contributed by atoms with Gasteiger partial charge in [-0.15, -0.1) is 0 Å². The summed E-state index contributed by atoms with van der Waals surface area (Å²) in [6, 6.07) is 32.6. The van der Waals surface area contributed by atoms with E-state index in [4.69, 9.17) is 23.2 Å². The van der Waals surface area contributed by atoms with Gasteiger partial charge in [-0.3, -0.25) is 19.2 Å². The van der Waals surface area contributed by atoms with Crippen LogP contribution in [0.3, 0.4) is 0 Å². The van der Waals surface area contributed by atoms with Crippen molar-refractivity contribution in [2.24, 2.45) is 0 Å². The third-order valence-corrected chi connectivity index (χ3v) is 8.00. The Kier molecular flexibility index (Phi) is 16.2. The van der Waals surface area contributed by atoms with E-state index in [0.717, 1.165) is 24.0 Å². The van der Waals surface area contributed by atoms with E-state index >= 15 is 0 Å². The van der Waals surface area contributed by atoms with E-state index in [1.165, 1.54) is 12.2 Å². The molecule has 4 aromatic carbocycles. The smallest absolute Gasteiger partial charge is 0.267 e. The Morgan fingerprint density at radius 3 is 1.19 bits per heavy atom. The highest BCUT2D eigenvalue weighted by Gasteiger charge is 2.13. The van der Waals surface area contributed by atoms with Gasteiger partial charge in [-0.05, 0) is 83.7 Å². The molecule has 0 aliphatic rings. The minimum Gasteiger partial charge on any atom is -0.351 e. The highest BCUT2D eigenvalue weighted by atomic mass is 35.5. The van der Waals surface area contributed by atoms with Crippen molar-refractivity contribution < 1.29 is 19.2 Å². The molecular weight excluding hydrogens is 695 g/mol. The Bertz CT molecular complexity index is 1760. The molecule has 0 aliphatic carbocycles. The average molecular weight is 736 g/mol. The van der Waals surface area contributed by atoms with E-state index in [9.17, 15) is 19.2 Å². The zero-order valence-corrected chi connectivity index (χ0v) is 30.0. The van der Waals surface area contributed by atoms with Crippen molar-refractivity contribution in [3.63, 3.8) is 0 Å². The van der Waals surface area contributed by atoms with Gasteiger partial charge in [-0.25, -0.2) is 0 Å². The number of hydrogen-bond acceptors (Lipinski definition) is 4. The second-order valence-electron chi connectivity index (χ2n) is 11.6. The molecule has 0 heterocycles. The lowest BCUT2D eigenvalue weighted by atomic mass is 10.1. The number of amides is 4. The first-order valence-corrected chi connectivity index (χ1v) is 17.6. The fourth-order valence-corrected chi connectivity index (χ4v) is 5.04. The molecule has 8 nitrogen and oxygen atoms in total. The summed E-state index contributed by atoms with van der Waals surface area (Å²) < 4.78 is 0. The van der Waals surface area contributed by atoms with Crippen molar-refractivity contribution >= 4 is 71.1 Å². The first-order valence-electron chi connectivity index (χ1n) is 16.8. The van der Waals surface area contributed by atoms with Gasteiger partial charge in [-0.2, -0.15) is 0 Å². The Balaban J connectivity index is 1.24. The minimum atomic E-state index is -0.435. The highest BCUT2D eigenvalue weighted by Crippen LogP contribution is 2.14. The third kappa shape index (κ3) is 14.6. The van der Waals surface area contributed by atoms with Crippen molar-refractivity contribution in [1.82, 2.24) is 21.3 Å². The van der Waals surface area contributed by atoms with Crippen LogP contribution < -0.4 is 21.3 Å². The summed E-state index contributed by atoms with van der Waals surface area (Å²) in [5.74, 6) is -1.69. The van der Waals surface area contributed by atoms with Crippen molar-refractivity contribution in [2.45, 2.75) is 25.7 Å². The molecule has 4 aromatic rings. The van der Waals surface area contributed by atoms with Crippen LogP contribution in [0, 0.1) is 0 Å². The Morgan fingerprint density at radius 1 is 0.462 bits per heavy atom. The van der Waals surface area contributed by atoms with Crippen LogP contribution in [0.1, 0.15) is 47.9 Å². The van der Waals surface area contributed by atoms with Gasteiger partial charge in [0, 0.05) is 35.3 Å². The molecule has 0 unspecified atom stereocenters. The lowest BCUT2D eigenvalue weighted by Crippen LogP contribution is -2.35. The zero-order valence-electron chi connectivity index (χ0n) is 28.5. The van der Waals surface area contributed by atoms with Crippen LogP contribution in [0.2, 0.25) is 10.0 Å². The molecule has 0 bridgehead atoms. The van der Waals surface area contributed by atoms with Crippen LogP contribution in [0.15, 0.2) is 133 Å². The molecule has 0 atom stereocenters. The second kappa shape index (κ2) is 21.5. The molecule has 0 aliphatic heterocycles. The van der Waals surface area contributed by atoms with E-state index in [1.54, 1.807) is 72.8 Å². The van der Waals surface area contributed by atoms with E-state index < -0.39 is 23.6 Å². The van der Waals surface area contributed by atoms with Gasteiger partial charge in [0.1, 0.15) is 11.4 Å². The number of halogens is 2. The van der Waals surface area contributed by atoms with Crippen molar-refractivity contribution in [1.29, 1.82) is 0 Å². The highest BCUT2D eigenvalue weighted by molar-refractivity contribution is 6.30. The minimum absolute atomic E-state index is 0.109. The van der Waals surface area contributed by atoms with Crippen LogP contribution in [0.25, 0.3) is 24.3 Å².